The predicted octanol–water partition coefficient (Wildman–Crippen LogP) is 3.92. The van der Waals surface area contributed by atoms with E-state index in [4.69, 9.17) is 4.74 Å². The second-order valence-corrected chi connectivity index (χ2v) is 6.67. The van der Waals surface area contributed by atoms with Gasteiger partial charge in [-0.1, -0.05) is 48.2 Å². The van der Waals surface area contributed by atoms with Crippen LogP contribution in [0.2, 0.25) is 0 Å². The number of carbonyl (C=O) groups excluding carboxylic acids is 1. The smallest absolute Gasteiger partial charge is 0.324 e. The lowest BCUT2D eigenvalue weighted by Gasteiger charge is -2.16. The highest BCUT2D eigenvalue weighted by Gasteiger charge is 2.26. The number of hydrogen-bond acceptors (Lipinski definition) is 6. The third-order valence-electron chi connectivity index (χ3n) is 3.79. The zero-order chi connectivity index (χ0) is 19.1. The van der Waals surface area contributed by atoms with E-state index < -0.39 is 5.25 Å². The van der Waals surface area contributed by atoms with Crippen LogP contribution in [0.25, 0.3) is 11.4 Å². The SMILES string of the molecule is C=CCn1c(S[C@@H](C(=O)OCC)c2ccccc2)nnc1-c1ccncc1. The molecule has 2 heterocycles. The second-order valence-electron chi connectivity index (χ2n) is 5.60. The number of nitrogens with zero attached hydrogens (tertiary/aromatic N) is 4. The summed E-state index contributed by atoms with van der Waals surface area (Å²) in [5.41, 5.74) is 1.76. The van der Waals surface area contributed by atoms with Gasteiger partial charge >= 0.3 is 5.97 Å². The number of carbonyl (C=O) groups is 1. The molecule has 0 bridgehead atoms. The topological polar surface area (TPSA) is 69.9 Å². The lowest BCUT2D eigenvalue weighted by atomic mass is 10.1. The summed E-state index contributed by atoms with van der Waals surface area (Å²) in [6, 6.07) is 13.3. The van der Waals surface area contributed by atoms with Crippen LogP contribution in [0.5, 0.6) is 0 Å². The van der Waals surface area contributed by atoms with Crippen molar-refractivity contribution in [3.8, 4) is 11.4 Å². The molecule has 138 valence electrons. The summed E-state index contributed by atoms with van der Waals surface area (Å²) >= 11 is 1.32. The molecule has 0 fully saturated rings. The van der Waals surface area contributed by atoms with Gasteiger partial charge in [0.25, 0.3) is 0 Å². The fourth-order valence-corrected chi connectivity index (χ4v) is 3.63. The Morgan fingerprint density at radius 2 is 1.96 bits per heavy atom. The molecule has 3 aromatic rings. The Balaban J connectivity index is 1.97. The molecule has 0 spiro atoms. The van der Waals surface area contributed by atoms with E-state index in [9.17, 15) is 4.79 Å². The molecule has 7 heteroatoms. The van der Waals surface area contributed by atoms with E-state index in [1.54, 1.807) is 25.4 Å². The molecule has 0 aliphatic rings. The molecule has 27 heavy (non-hydrogen) atoms. The minimum absolute atomic E-state index is 0.299. The molecular weight excluding hydrogens is 360 g/mol. The highest BCUT2D eigenvalue weighted by molar-refractivity contribution is 8.00. The molecule has 2 aromatic heterocycles. The summed E-state index contributed by atoms with van der Waals surface area (Å²) in [5.74, 6) is 0.405. The maximum absolute atomic E-state index is 12.6. The van der Waals surface area contributed by atoms with Crippen LogP contribution in [0, 0.1) is 0 Å². The van der Waals surface area contributed by atoms with Gasteiger partial charge in [-0.3, -0.25) is 14.3 Å². The van der Waals surface area contributed by atoms with Crippen LogP contribution in [0.1, 0.15) is 17.7 Å². The predicted molar refractivity (Wildman–Crippen MR) is 105 cm³/mol. The van der Waals surface area contributed by atoms with E-state index in [1.165, 1.54) is 11.8 Å². The Labute approximate surface area is 162 Å². The first-order chi connectivity index (χ1) is 13.2. The van der Waals surface area contributed by atoms with Crippen molar-refractivity contribution >= 4 is 17.7 Å². The maximum atomic E-state index is 12.6. The van der Waals surface area contributed by atoms with E-state index in [2.05, 4.69) is 21.8 Å². The number of pyridine rings is 1. The van der Waals surface area contributed by atoms with Gasteiger partial charge in [-0.05, 0) is 24.6 Å². The van der Waals surface area contributed by atoms with Crippen LogP contribution in [-0.4, -0.2) is 32.3 Å². The summed E-state index contributed by atoms with van der Waals surface area (Å²) in [7, 11) is 0. The molecule has 0 radical (unpaired) electrons. The van der Waals surface area contributed by atoms with Gasteiger partial charge in [0.1, 0.15) is 5.25 Å². The van der Waals surface area contributed by atoms with Gasteiger partial charge in [0.2, 0.25) is 0 Å². The quantitative estimate of drug-likeness (QED) is 0.335. The van der Waals surface area contributed by atoms with E-state index in [-0.39, 0.29) is 5.97 Å². The Morgan fingerprint density at radius 1 is 1.22 bits per heavy atom. The largest absolute Gasteiger partial charge is 0.465 e. The molecule has 0 saturated carbocycles. The second kappa shape index (κ2) is 9.14. The summed E-state index contributed by atoms with van der Waals surface area (Å²) in [5, 5.41) is 8.74. The van der Waals surface area contributed by atoms with Crippen LogP contribution in [0.4, 0.5) is 0 Å². The van der Waals surface area contributed by atoms with Crippen molar-refractivity contribution in [2.75, 3.05) is 6.61 Å². The number of allylic oxidation sites excluding steroid dienone is 1. The minimum Gasteiger partial charge on any atom is -0.465 e. The van der Waals surface area contributed by atoms with Gasteiger partial charge in [-0.2, -0.15) is 0 Å². The molecule has 3 rings (SSSR count). The van der Waals surface area contributed by atoms with Crippen molar-refractivity contribution in [1.29, 1.82) is 0 Å². The minimum atomic E-state index is -0.524. The first kappa shape index (κ1) is 18.8. The summed E-state index contributed by atoms with van der Waals surface area (Å²) in [4.78, 5) is 16.6. The van der Waals surface area contributed by atoms with Gasteiger partial charge in [-0.15, -0.1) is 16.8 Å². The third kappa shape index (κ3) is 4.43. The highest BCUT2D eigenvalue weighted by atomic mass is 32.2. The molecule has 6 nitrogen and oxygen atoms in total. The average Bonchev–Trinajstić information content (AvgIpc) is 3.10. The Morgan fingerprint density at radius 3 is 2.63 bits per heavy atom. The van der Waals surface area contributed by atoms with Crippen LogP contribution >= 0.6 is 11.8 Å². The first-order valence-electron chi connectivity index (χ1n) is 8.57. The number of benzene rings is 1. The Kier molecular flexibility index (Phi) is 6.38. The van der Waals surface area contributed by atoms with E-state index in [1.807, 2.05) is 47.0 Å². The fraction of sp³-hybridized carbons (Fsp3) is 0.200. The van der Waals surface area contributed by atoms with E-state index >= 15 is 0 Å². The summed E-state index contributed by atoms with van der Waals surface area (Å²) < 4.78 is 7.21. The van der Waals surface area contributed by atoms with Crippen molar-refractivity contribution in [2.24, 2.45) is 0 Å². The lowest BCUT2D eigenvalue weighted by molar-refractivity contribution is -0.142. The van der Waals surface area contributed by atoms with Gasteiger partial charge in [-0.25, -0.2) is 0 Å². The van der Waals surface area contributed by atoms with Gasteiger partial charge < -0.3 is 4.74 Å². The number of thioether (sulfide) groups is 1. The number of ether oxygens (including phenoxy) is 1. The monoisotopic (exact) mass is 380 g/mol. The van der Waals surface area contributed by atoms with Crippen molar-refractivity contribution in [1.82, 2.24) is 19.7 Å². The number of rotatable bonds is 8. The van der Waals surface area contributed by atoms with Gasteiger partial charge in [0, 0.05) is 24.5 Å². The lowest BCUT2D eigenvalue weighted by Crippen LogP contribution is -2.14. The van der Waals surface area contributed by atoms with E-state index in [0.717, 1.165) is 11.1 Å². The molecule has 0 unspecified atom stereocenters. The van der Waals surface area contributed by atoms with Gasteiger partial charge in [0.15, 0.2) is 11.0 Å². The number of hydrogen-bond donors (Lipinski definition) is 0. The zero-order valence-corrected chi connectivity index (χ0v) is 15.8. The van der Waals surface area contributed by atoms with Gasteiger partial charge in [0.05, 0.1) is 6.61 Å². The van der Waals surface area contributed by atoms with Crippen molar-refractivity contribution < 1.29 is 9.53 Å². The van der Waals surface area contributed by atoms with Crippen molar-refractivity contribution in [2.45, 2.75) is 23.9 Å². The first-order valence-corrected chi connectivity index (χ1v) is 9.45. The zero-order valence-electron chi connectivity index (χ0n) is 15.0. The van der Waals surface area contributed by atoms with Crippen molar-refractivity contribution in [3.05, 3.63) is 73.1 Å². The van der Waals surface area contributed by atoms with Crippen LogP contribution in [0.3, 0.4) is 0 Å². The molecular formula is C20H20N4O2S. The average molecular weight is 380 g/mol. The van der Waals surface area contributed by atoms with Crippen LogP contribution in [-0.2, 0) is 16.1 Å². The molecule has 0 amide bonds. The third-order valence-corrected chi connectivity index (χ3v) is 5.01. The number of esters is 1. The van der Waals surface area contributed by atoms with Crippen molar-refractivity contribution in [3.63, 3.8) is 0 Å². The molecule has 0 saturated heterocycles. The van der Waals surface area contributed by atoms with Crippen LogP contribution in [0.15, 0.2) is 72.7 Å². The fourth-order valence-electron chi connectivity index (χ4n) is 2.59. The van der Waals surface area contributed by atoms with E-state index in [0.29, 0.717) is 24.1 Å². The number of aromatic nitrogens is 4. The standard InChI is InChI=1S/C20H20N4O2S/c1-3-14-24-18(16-10-12-21-13-11-16)22-23-20(24)27-17(19(25)26-4-2)15-8-6-5-7-9-15/h3,5-13,17H,1,4,14H2,2H3/t17-/m1/s1. The molecule has 0 aliphatic heterocycles. The normalized spacial score (nSPS) is 11.7. The Hall–Kier alpha value is -2.93. The molecule has 0 aliphatic carbocycles. The summed E-state index contributed by atoms with van der Waals surface area (Å²) in [6.45, 7) is 6.47. The molecule has 1 atom stereocenters. The highest BCUT2D eigenvalue weighted by Crippen LogP contribution is 2.36. The van der Waals surface area contributed by atoms with Crippen LogP contribution < -0.4 is 0 Å². The Bertz CT molecular complexity index is 897. The summed E-state index contributed by atoms with van der Waals surface area (Å²) in [6.07, 6.45) is 5.20. The molecule has 1 aromatic carbocycles. The molecule has 0 N–H and O–H groups in total. The maximum Gasteiger partial charge on any atom is 0.324 e.